The molecule has 1 N–H and O–H groups in total. The van der Waals surface area contributed by atoms with E-state index < -0.39 is 37.2 Å². The molecule has 0 saturated carbocycles. The summed E-state index contributed by atoms with van der Waals surface area (Å²) in [6.45, 7) is 0. The average molecular weight is 401 g/mol. The van der Waals surface area contributed by atoms with Gasteiger partial charge in [0, 0.05) is 12.5 Å². The van der Waals surface area contributed by atoms with Crippen molar-refractivity contribution < 1.29 is 17.7 Å². The Bertz CT molecular complexity index is 1120. The highest BCUT2D eigenvalue weighted by molar-refractivity contribution is 7.90. The van der Waals surface area contributed by atoms with Crippen molar-refractivity contribution in [1.29, 1.82) is 0 Å². The van der Waals surface area contributed by atoms with E-state index in [1.54, 1.807) is 30.5 Å². The van der Waals surface area contributed by atoms with Crippen LogP contribution in [0.15, 0.2) is 71.8 Å². The molecule has 1 aromatic heterocycles. The molecular weight excluding hydrogens is 385 g/mol. The molecule has 3 rings (SSSR count). The molecule has 0 radical (unpaired) electrons. The molecule has 0 spiro atoms. The number of nitro benzene ring substituents is 1. The zero-order chi connectivity index (χ0) is 20.3. The van der Waals surface area contributed by atoms with Gasteiger partial charge in [-0.2, -0.15) is 0 Å². The van der Waals surface area contributed by atoms with Crippen LogP contribution in [0.5, 0.6) is 0 Å². The van der Waals surface area contributed by atoms with Gasteiger partial charge < -0.3 is 5.32 Å². The van der Waals surface area contributed by atoms with Crippen LogP contribution in [0.2, 0.25) is 0 Å². The number of nitrogens with zero attached hydrogens (tertiary/aromatic N) is 2. The predicted molar refractivity (Wildman–Crippen MR) is 102 cm³/mol. The fourth-order valence-electron chi connectivity index (χ4n) is 2.84. The van der Waals surface area contributed by atoms with Crippen molar-refractivity contribution >= 4 is 21.2 Å². The van der Waals surface area contributed by atoms with E-state index in [9.17, 15) is 22.9 Å². The number of hydrogen-bond acceptors (Lipinski definition) is 6. The first-order valence-electron chi connectivity index (χ1n) is 8.18. The lowest BCUT2D eigenvalue weighted by molar-refractivity contribution is -0.386. The van der Waals surface area contributed by atoms with E-state index in [4.69, 9.17) is 0 Å². The Labute approximate surface area is 160 Å². The fraction of sp³-hybridized carbons (Fsp3) is 0.105. The Morgan fingerprint density at radius 1 is 1.11 bits per heavy atom. The molecule has 0 aliphatic rings. The Kier molecular flexibility index (Phi) is 5.36. The van der Waals surface area contributed by atoms with Crippen LogP contribution in [0.3, 0.4) is 0 Å². The van der Waals surface area contributed by atoms with Crippen molar-refractivity contribution in [2.45, 2.75) is 10.9 Å². The van der Waals surface area contributed by atoms with E-state index in [0.29, 0.717) is 11.3 Å². The van der Waals surface area contributed by atoms with Crippen molar-refractivity contribution in [1.82, 2.24) is 4.98 Å². The first-order chi connectivity index (χ1) is 13.3. The van der Waals surface area contributed by atoms with Gasteiger partial charge in [0.2, 0.25) is 0 Å². The number of anilines is 1. The van der Waals surface area contributed by atoms with Gasteiger partial charge in [0.25, 0.3) is 0 Å². The number of rotatable bonds is 6. The van der Waals surface area contributed by atoms with Crippen molar-refractivity contribution in [2.75, 3.05) is 11.6 Å². The second kappa shape index (κ2) is 7.73. The van der Waals surface area contributed by atoms with Crippen LogP contribution in [0, 0.1) is 15.9 Å². The van der Waals surface area contributed by atoms with Crippen LogP contribution in [0.4, 0.5) is 15.8 Å². The molecule has 9 heteroatoms. The van der Waals surface area contributed by atoms with Gasteiger partial charge in [0.1, 0.15) is 16.4 Å². The standard InChI is InChI=1S/C19H16FN3O4S/c1-28(26,27)17-10-5-9-16(19(17)23(24)25)22-18(15-8-2-3-11-21-15)13-6-4-7-14(20)12-13/h2-12,18,22H,1H3. The molecule has 0 aliphatic heterocycles. The van der Waals surface area contributed by atoms with Crippen molar-refractivity contribution in [3.05, 3.63) is 94.0 Å². The maximum Gasteiger partial charge on any atom is 0.310 e. The van der Waals surface area contributed by atoms with Gasteiger partial charge >= 0.3 is 5.69 Å². The normalized spacial score (nSPS) is 12.4. The molecule has 0 bridgehead atoms. The van der Waals surface area contributed by atoms with Crippen molar-refractivity contribution in [2.24, 2.45) is 0 Å². The summed E-state index contributed by atoms with van der Waals surface area (Å²) >= 11 is 0. The Balaban J connectivity index is 2.16. The lowest BCUT2D eigenvalue weighted by atomic mass is 10.0. The molecular formula is C19H16FN3O4S. The summed E-state index contributed by atoms with van der Waals surface area (Å²) in [5, 5.41) is 14.6. The summed E-state index contributed by atoms with van der Waals surface area (Å²) in [4.78, 5) is 14.7. The number of para-hydroxylation sites is 1. The number of aromatic nitrogens is 1. The van der Waals surface area contributed by atoms with Crippen LogP contribution in [-0.4, -0.2) is 24.6 Å². The number of pyridine rings is 1. The van der Waals surface area contributed by atoms with Crippen LogP contribution in [0.25, 0.3) is 0 Å². The third-order valence-corrected chi connectivity index (χ3v) is 5.17. The van der Waals surface area contributed by atoms with E-state index in [-0.39, 0.29) is 5.69 Å². The Morgan fingerprint density at radius 3 is 2.46 bits per heavy atom. The molecule has 28 heavy (non-hydrogen) atoms. The largest absolute Gasteiger partial charge is 0.367 e. The van der Waals surface area contributed by atoms with E-state index in [1.165, 1.54) is 36.4 Å². The van der Waals surface area contributed by atoms with Gasteiger partial charge in [0.15, 0.2) is 9.84 Å². The summed E-state index contributed by atoms with van der Waals surface area (Å²) in [6, 6.07) is 14.1. The molecule has 0 fully saturated rings. The van der Waals surface area contributed by atoms with Crippen LogP contribution >= 0.6 is 0 Å². The minimum atomic E-state index is -3.83. The predicted octanol–water partition coefficient (Wildman–Crippen LogP) is 3.73. The lowest BCUT2D eigenvalue weighted by Crippen LogP contribution is -2.16. The number of sulfone groups is 1. The van der Waals surface area contributed by atoms with Crippen molar-refractivity contribution in [3.63, 3.8) is 0 Å². The highest BCUT2D eigenvalue weighted by Crippen LogP contribution is 2.35. The molecule has 1 atom stereocenters. The molecule has 7 nitrogen and oxygen atoms in total. The smallest absolute Gasteiger partial charge is 0.310 e. The zero-order valence-electron chi connectivity index (χ0n) is 14.7. The first kappa shape index (κ1) is 19.4. The molecule has 3 aromatic rings. The van der Waals surface area contributed by atoms with E-state index in [0.717, 1.165) is 6.26 Å². The minimum absolute atomic E-state index is 0.00663. The number of nitro groups is 1. The quantitative estimate of drug-likeness (QED) is 0.499. The maximum absolute atomic E-state index is 13.8. The average Bonchev–Trinajstić information content (AvgIpc) is 2.65. The molecule has 0 saturated heterocycles. The van der Waals surface area contributed by atoms with Crippen LogP contribution in [0.1, 0.15) is 17.3 Å². The summed E-state index contributed by atoms with van der Waals surface area (Å²) in [5.74, 6) is -0.473. The van der Waals surface area contributed by atoms with Gasteiger partial charge in [-0.25, -0.2) is 12.8 Å². The van der Waals surface area contributed by atoms with Crippen LogP contribution < -0.4 is 5.32 Å². The Hall–Kier alpha value is -3.33. The third kappa shape index (κ3) is 4.15. The molecule has 0 aliphatic carbocycles. The summed E-state index contributed by atoms with van der Waals surface area (Å²) in [5.41, 5.74) is 0.403. The highest BCUT2D eigenvalue weighted by Gasteiger charge is 2.28. The Morgan fingerprint density at radius 2 is 1.86 bits per heavy atom. The van der Waals surface area contributed by atoms with Gasteiger partial charge in [-0.1, -0.05) is 24.3 Å². The van der Waals surface area contributed by atoms with Gasteiger partial charge in [0.05, 0.1) is 16.7 Å². The number of benzene rings is 2. The molecule has 2 aromatic carbocycles. The lowest BCUT2D eigenvalue weighted by Gasteiger charge is -2.20. The molecule has 0 amide bonds. The maximum atomic E-state index is 13.8. The third-order valence-electron chi connectivity index (χ3n) is 4.05. The monoisotopic (exact) mass is 401 g/mol. The number of nitrogens with one attached hydrogen (secondary N) is 1. The van der Waals surface area contributed by atoms with Crippen LogP contribution in [-0.2, 0) is 9.84 Å². The number of halogens is 1. The SMILES string of the molecule is CS(=O)(=O)c1cccc(NC(c2cccc(F)c2)c2ccccn2)c1[N+](=O)[O-]. The molecule has 1 heterocycles. The highest BCUT2D eigenvalue weighted by atomic mass is 32.2. The topological polar surface area (TPSA) is 102 Å². The van der Waals surface area contributed by atoms with Gasteiger partial charge in [-0.15, -0.1) is 0 Å². The molecule has 1 unspecified atom stereocenters. The summed E-state index contributed by atoms with van der Waals surface area (Å²) in [7, 11) is -3.83. The minimum Gasteiger partial charge on any atom is -0.367 e. The second-order valence-electron chi connectivity index (χ2n) is 6.07. The van der Waals surface area contributed by atoms with E-state index >= 15 is 0 Å². The zero-order valence-corrected chi connectivity index (χ0v) is 15.6. The number of hydrogen-bond donors (Lipinski definition) is 1. The fourth-order valence-corrected chi connectivity index (χ4v) is 3.70. The van der Waals surface area contributed by atoms with Gasteiger partial charge in [-0.05, 0) is 42.0 Å². The van der Waals surface area contributed by atoms with Crippen molar-refractivity contribution in [3.8, 4) is 0 Å². The summed E-state index contributed by atoms with van der Waals surface area (Å²) in [6.07, 6.45) is 2.45. The van der Waals surface area contributed by atoms with Gasteiger partial charge in [-0.3, -0.25) is 15.1 Å². The molecule has 144 valence electrons. The summed E-state index contributed by atoms with van der Waals surface area (Å²) < 4.78 is 37.7. The first-order valence-corrected chi connectivity index (χ1v) is 10.1. The second-order valence-corrected chi connectivity index (χ2v) is 8.05. The van der Waals surface area contributed by atoms with E-state index in [2.05, 4.69) is 10.3 Å². The van der Waals surface area contributed by atoms with E-state index in [1.807, 2.05) is 0 Å².